The molecule has 0 bridgehead atoms. The van der Waals surface area contributed by atoms with Gasteiger partial charge >= 0.3 is 11.9 Å². The van der Waals surface area contributed by atoms with Gasteiger partial charge in [0.25, 0.3) is 0 Å². The van der Waals surface area contributed by atoms with Gasteiger partial charge in [-0.15, -0.1) is 0 Å². The van der Waals surface area contributed by atoms with Gasteiger partial charge in [0.1, 0.15) is 6.61 Å². The molecule has 0 N–H and O–H groups in total. The summed E-state index contributed by atoms with van der Waals surface area (Å²) in [4.78, 5) is 25.6. The van der Waals surface area contributed by atoms with Crippen molar-refractivity contribution in [3.8, 4) is 0 Å². The predicted octanol–water partition coefficient (Wildman–Crippen LogP) is 20.5. The summed E-state index contributed by atoms with van der Waals surface area (Å²) >= 11 is 0. The average Bonchev–Trinajstić information content (AvgIpc) is 3.34. The lowest BCUT2D eigenvalue weighted by atomic mass is 10.1. The van der Waals surface area contributed by atoms with E-state index in [1.54, 1.807) is 0 Å². The van der Waals surface area contributed by atoms with Crippen LogP contribution in [-0.2, 0) is 23.8 Å². The van der Waals surface area contributed by atoms with Gasteiger partial charge in [-0.05, 0) is 103 Å². The SMILES string of the molecule is CC/C=C\C/C=C\C/C=C\CCCCCCOCC(COC(=O)CCCCCCCCCCC/C=C\CCCCCCCC)OC(=O)CCCCCCCCCCC/C=C\CCCCCCCC. The van der Waals surface area contributed by atoms with Gasteiger partial charge in [0, 0.05) is 19.4 Å². The van der Waals surface area contributed by atoms with Crippen molar-refractivity contribution in [3.63, 3.8) is 0 Å². The monoisotopic (exact) mass is 951 g/mol. The third-order valence-corrected chi connectivity index (χ3v) is 13.0. The Bertz CT molecular complexity index is 1170. The Morgan fingerprint density at radius 3 is 1.07 bits per heavy atom. The minimum absolute atomic E-state index is 0.0753. The first-order chi connectivity index (χ1) is 33.6. The van der Waals surface area contributed by atoms with Crippen molar-refractivity contribution in [2.75, 3.05) is 19.8 Å². The summed E-state index contributed by atoms with van der Waals surface area (Å²) in [5.74, 6) is -0.403. The fraction of sp³-hybridized carbons (Fsp3) is 0.810. The third kappa shape index (κ3) is 56.2. The third-order valence-electron chi connectivity index (χ3n) is 13.0. The number of ether oxygens (including phenoxy) is 3. The molecule has 0 aliphatic carbocycles. The zero-order valence-electron chi connectivity index (χ0n) is 45.6. The van der Waals surface area contributed by atoms with E-state index >= 15 is 0 Å². The van der Waals surface area contributed by atoms with Gasteiger partial charge in [0.05, 0.1) is 6.61 Å². The molecule has 0 heterocycles. The van der Waals surface area contributed by atoms with Gasteiger partial charge in [-0.25, -0.2) is 0 Å². The van der Waals surface area contributed by atoms with Crippen molar-refractivity contribution >= 4 is 11.9 Å². The van der Waals surface area contributed by atoms with Crippen LogP contribution in [0.1, 0.15) is 303 Å². The highest BCUT2D eigenvalue weighted by Crippen LogP contribution is 2.16. The van der Waals surface area contributed by atoms with Gasteiger partial charge in [-0.1, -0.05) is 248 Å². The Morgan fingerprint density at radius 1 is 0.338 bits per heavy atom. The summed E-state index contributed by atoms with van der Waals surface area (Å²) < 4.78 is 17.5. The molecule has 396 valence electrons. The number of unbranched alkanes of at least 4 members (excludes halogenated alkanes) is 34. The zero-order valence-corrected chi connectivity index (χ0v) is 45.6. The van der Waals surface area contributed by atoms with Crippen LogP contribution in [0.2, 0.25) is 0 Å². The number of esters is 2. The molecule has 0 radical (unpaired) electrons. The highest BCUT2D eigenvalue weighted by atomic mass is 16.6. The molecule has 0 saturated carbocycles. The Morgan fingerprint density at radius 2 is 0.662 bits per heavy atom. The maximum Gasteiger partial charge on any atom is 0.306 e. The number of hydrogen-bond acceptors (Lipinski definition) is 5. The van der Waals surface area contributed by atoms with Crippen molar-refractivity contribution in [2.24, 2.45) is 0 Å². The van der Waals surface area contributed by atoms with Gasteiger partial charge in [0.15, 0.2) is 6.10 Å². The van der Waals surface area contributed by atoms with Crippen LogP contribution in [0.4, 0.5) is 0 Å². The maximum absolute atomic E-state index is 12.9. The van der Waals surface area contributed by atoms with E-state index < -0.39 is 6.10 Å². The fourth-order valence-electron chi connectivity index (χ4n) is 8.57. The first-order valence-corrected chi connectivity index (χ1v) is 29.8. The normalized spacial score (nSPS) is 12.6. The molecule has 0 aromatic rings. The zero-order chi connectivity index (χ0) is 49.2. The van der Waals surface area contributed by atoms with Crippen LogP contribution < -0.4 is 0 Å². The number of carbonyl (C=O) groups is 2. The van der Waals surface area contributed by atoms with Crippen LogP contribution in [0, 0.1) is 0 Å². The van der Waals surface area contributed by atoms with E-state index in [1.165, 1.54) is 205 Å². The molecule has 0 aliphatic rings. The summed E-state index contributed by atoms with van der Waals surface area (Å²) in [7, 11) is 0. The van der Waals surface area contributed by atoms with Crippen LogP contribution >= 0.6 is 0 Å². The quantitative estimate of drug-likeness (QED) is 0.0345. The molecule has 0 rings (SSSR count). The van der Waals surface area contributed by atoms with Crippen molar-refractivity contribution in [1.82, 2.24) is 0 Å². The lowest BCUT2D eigenvalue weighted by Crippen LogP contribution is -2.30. The van der Waals surface area contributed by atoms with Crippen LogP contribution in [0.3, 0.4) is 0 Å². The number of carbonyl (C=O) groups excluding carboxylic acids is 2. The first-order valence-electron chi connectivity index (χ1n) is 29.8. The molecule has 0 aliphatic heterocycles. The summed E-state index contributed by atoms with van der Waals surface area (Å²) in [6.45, 7) is 7.70. The van der Waals surface area contributed by atoms with E-state index in [0.29, 0.717) is 19.4 Å². The van der Waals surface area contributed by atoms with E-state index in [9.17, 15) is 9.59 Å². The highest BCUT2D eigenvalue weighted by molar-refractivity contribution is 5.70. The Labute approximate surface area is 424 Å². The van der Waals surface area contributed by atoms with Crippen molar-refractivity contribution in [1.29, 1.82) is 0 Å². The van der Waals surface area contributed by atoms with E-state index in [-0.39, 0.29) is 25.2 Å². The minimum atomic E-state index is -0.551. The Hall–Kier alpha value is -2.40. The van der Waals surface area contributed by atoms with Gasteiger partial charge in [-0.3, -0.25) is 9.59 Å². The molecule has 0 saturated heterocycles. The second kappa shape index (κ2) is 58.9. The minimum Gasteiger partial charge on any atom is -0.462 e. The molecule has 0 amide bonds. The molecule has 5 heteroatoms. The molecule has 0 spiro atoms. The molecule has 1 unspecified atom stereocenters. The molecule has 0 aromatic heterocycles. The predicted molar refractivity (Wildman–Crippen MR) is 298 cm³/mol. The van der Waals surface area contributed by atoms with Crippen LogP contribution in [0.15, 0.2) is 60.8 Å². The smallest absolute Gasteiger partial charge is 0.306 e. The number of hydrogen-bond donors (Lipinski definition) is 0. The van der Waals surface area contributed by atoms with Crippen molar-refractivity contribution in [2.45, 2.75) is 309 Å². The maximum atomic E-state index is 12.9. The van der Waals surface area contributed by atoms with E-state index in [0.717, 1.165) is 64.2 Å². The molecular formula is C63H114O5. The van der Waals surface area contributed by atoms with Crippen LogP contribution in [0.5, 0.6) is 0 Å². The average molecular weight is 952 g/mol. The molecule has 1 atom stereocenters. The van der Waals surface area contributed by atoms with E-state index in [4.69, 9.17) is 14.2 Å². The standard InChI is InChI=1S/C63H114O5/c1-4-7-10-13-16-19-22-25-28-30-32-34-36-38-41-44-47-50-53-56-62(64)67-60-61(59-66-58-55-52-49-46-43-40-27-24-21-18-15-12-9-6-3)68-63(65)57-54-51-48-45-42-39-37-35-33-31-29-26-23-20-17-14-11-8-5-2/h9,12,18,21,25-29,40,61H,4-8,10-11,13-17,19-20,22-24,30-39,41-60H2,1-3H3/b12-9-,21-18-,28-25-,29-26-,40-27-. The second-order valence-electron chi connectivity index (χ2n) is 19.9. The lowest BCUT2D eigenvalue weighted by molar-refractivity contribution is -0.163. The largest absolute Gasteiger partial charge is 0.462 e. The Balaban J connectivity index is 4.26. The highest BCUT2D eigenvalue weighted by Gasteiger charge is 2.17. The van der Waals surface area contributed by atoms with Gasteiger partial charge in [0.2, 0.25) is 0 Å². The van der Waals surface area contributed by atoms with Crippen LogP contribution in [-0.4, -0.2) is 37.9 Å². The number of rotatable bonds is 55. The van der Waals surface area contributed by atoms with Gasteiger partial charge in [-0.2, -0.15) is 0 Å². The topological polar surface area (TPSA) is 61.8 Å². The van der Waals surface area contributed by atoms with Gasteiger partial charge < -0.3 is 14.2 Å². The fourth-order valence-corrected chi connectivity index (χ4v) is 8.57. The Kier molecular flexibility index (Phi) is 56.8. The van der Waals surface area contributed by atoms with E-state index in [1.807, 2.05) is 0 Å². The number of allylic oxidation sites excluding steroid dienone is 10. The van der Waals surface area contributed by atoms with Crippen LogP contribution in [0.25, 0.3) is 0 Å². The van der Waals surface area contributed by atoms with E-state index in [2.05, 4.69) is 81.5 Å². The van der Waals surface area contributed by atoms with Crippen molar-refractivity contribution in [3.05, 3.63) is 60.8 Å². The summed E-state index contributed by atoms with van der Waals surface area (Å²) in [5.41, 5.74) is 0. The molecule has 0 fully saturated rings. The molecule has 5 nitrogen and oxygen atoms in total. The summed E-state index contributed by atoms with van der Waals surface area (Å²) in [6.07, 6.45) is 75.3. The summed E-state index contributed by atoms with van der Waals surface area (Å²) in [6, 6.07) is 0. The lowest BCUT2D eigenvalue weighted by Gasteiger charge is -2.18. The second-order valence-corrected chi connectivity index (χ2v) is 19.9. The molecular weight excluding hydrogens is 837 g/mol. The summed E-state index contributed by atoms with van der Waals surface area (Å²) in [5, 5.41) is 0. The first kappa shape index (κ1) is 65.6. The molecule has 68 heavy (non-hydrogen) atoms. The van der Waals surface area contributed by atoms with Crippen molar-refractivity contribution < 1.29 is 23.8 Å². The molecule has 0 aromatic carbocycles.